The predicted octanol–water partition coefficient (Wildman–Crippen LogP) is 3.26. The number of piperazine rings is 1. The Labute approximate surface area is 329 Å². The largest absolute Gasteiger partial charge is 0.308 e. The monoisotopic (exact) mass is 824 g/mol. The van der Waals surface area contributed by atoms with Gasteiger partial charge in [0.1, 0.15) is 22.7 Å². The van der Waals surface area contributed by atoms with Crippen molar-refractivity contribution in [2.24, 2.45) is 14.1 Å². The molecule has 0 radical (unpaired) electrons. The first kappa shape index (κ1) is 40.9. The van der Waals surface area contributed by atoms with Crippen LogP contribution in [-0.4, -0.2) is 98.8 Å². The molecule has 1 aliphatic heterocycles. The number of aromatic amines is 2. The number of rotatable bonds is 11. The Hall–Kier alpha value is -4.75. The lowest BCUT2D eigenvalue weighted by molar-refractivity contribution is 0.222. The summed E-state index contributed by atoms with van der Waals surface area (Å²) in [5, 5.41) is 8.82. The van der Waals surface area contributed by atoms with Gasteiger partial charge in [0.15, 0.2) is 11.0 Å². The van der Waals surface area contributed by atoms with Crippen molar-refractivity contribution < 1.29 is 16.8 Å². The summed E-state index contributed by atoms with van der Waals surface area (Å²) in [6.45, 7) is 6.56. The SMILES string of the molecule is CCCc1nn(C)c2c(=O)[nH]c(Cc3ccc(S(=O)(=O)Cl)cc3)nc12.CCCc1nn(C)c2c(=O)[nH]c(Cc3ccc(S(=O)(=O)N4CCN(C)CC4)cc3)nc12. The lowest BCUT2D eigenvalue weighted by atomic mass is 10.1. The van der Waals surface area contributed by atoms with Gasteiger partial charge in [-0.25, -0.2) is 26.8 Å². The van der Waals surface area contributed by atoms with Crippen LogP contribution in [0.2, 0.25) is 0 Å². The number of nitrogens with zero attached hydrogens (tertiary/aromatic N) is 8. The van der Waals surface area contributed by atoms with Gasteiger partial charge in [-0.15, -0.1) is 0 Å². The topological polar surface area (TPSA) is 202 Å². The van der Waals surface area contributed by atoms with Gasteiger partial charge in [-0.05, 0) is 55.3 Å². The van der Waals surface area contributed by atoms with Gasteiger partial charge < -0.3 is 14.9 Å². The molecule has 1 fully saturated rings. The number of sulfonamides is 1. The number of likely N-dealkylation sites (N-methyl/N-ethyl adjacent to an activating group) is 1. The number of hydrogen-bond acceptors (Lipinski definition) is 11. The summed E-state index contributed by atoms with van der Waals surface area (Å²) in [6.07, 6.45) is 4.10. The zero-order chi connectivity index (χ0) is 40.4. The number of nitrogens with one attached hydrogen (secondary N) is 2. The highest BCUT2D eigenvalue weighted by atomic mass is 35.7. The number of hydrogen-bond donors (Lipinski definition) is 2. The summed E-state index contributed by atoms with van der Waals surface area (Å²) in [5.74, 6) is 1.04. The van der Waals surface area contributed by atoms with Crippen LogP contribution in [0.4, 0.5) is 0 Å². The highest BCUT2D eigenvalue weighted by Gasteiger charge is 2.27. The Balaban J connectivity index is 0.000000194. The van der Waals surface area contributed by atoms with Crippen molar-refractivity contribution in [3.8, 4) is 0 Å². The Kier molecular flexibility index (Phi) is 12.2. The number of halogens is 1. The van der Waals surface area contributed by atoms with Gasteiger partial charge in [0.25, 0.3) is 20.2 Å². The lowest BCUT2D eigenvalue weighted by Gasteiger charge is -2.31. The van der Waals surface area contributed by atoms with Gasteiger partial charge in [0.2, 0.25) is 10.0 Å². The van der Waals surface area contributed by atoms with Crippen LogP contribution in [0.15, 0.2) is 67.9 Å². The van der Waals surface area contributed by atoms with Crippen molar-refractivity contribution in [1.82, 2.24) is 48.7 Å². The lowest BCUT2D eigenvalue weighted by Crippen LogP contribution is -2.46. The van der Waals surface area contributed by atoms with E-state index < -0.39 is 19.1 Å². The fraction of sp³-hybridized carbons (Fsp3) is 0.405. The van der Waals surface area contributed by atoms with E-state index in [1.807, 2.05) is 14.0 Å². The molecular formula is C37H45ClN10O6S2. The molecule has 16 nitrogen and oxygen atoms in total. The number of H-pyrrole nitrogens is 2. The second kappa shape index (κ2) is 16.8. The van der Waals surface area contributed by atoms with E-state index in [4.69, 9.17) is 10.7 Å². The number of fused-ring (bicyclic) bond motifs is 2. The maximum absolute atomic E-state index is 12.9. The minimum atomic E-state index is -3.75. The maximum Gasteiger partial charge on any atom is 0.277 e. The molecule has 1 saturated heterocycles. The van der Waals surface area contributed by atoms with Gasteiger partial charge in [0.05, 0.1) is 21.2 Å². The standard InChI is InChI=1S/C21H28N6O3S.C16H17ClN4O3S/c1-4-5-17-19-20(26(3)24-17)21(28)23-18(22-19)14-15-6-8-16(9-7-15)31(29,30)27-12-10-25(2)11-13-27;1-3-4-12-14-15(21(2)20-12)16(22)19-13(18-14)9-10-5-7-11(8-6-10)25(17,23)24/h6-9H,4-5,10-14H2,1-3H3,(H,22,23,28);5-8H,3-4,9H2,1-2H3,(H,18,19,22). The molecule has 5 heterocycles. The summed E-state index contributed by atoms with van der Waals surface area (Å²) < 4.78 is 53.0. The molecule has 4 aromatic heterocycles. The summed E-state index contributed by atoms with van der Waals surface area (Å²) in [7, 11) is 3.53. The first-order chi connectivity index (χ1) is 26.6. The first-order valence-corrected chi connectivity index (χ1v) is 22.0. The van der Waals surface area contributed by atoms with Crippen molar-refractivity contribution >= 4 is 51.8 Å². The van der Waals surface area contributed by atoms with Crippen LogP contribution in [0.3, 0.4) is 0 Å². The Bertz CT molecular complexity index is 2700. The highest BCUT2D eigenvalue weighted by Crippen LogP contribution is 2.21. The smallest absolute Gasteiger partial charge is 0.277 e. The van der Waals surface area contributed by atoms with E-state index >= 15 is 0 Å². The van der Waals surface area contributed by atoms with E-state index in [0.29, 0.717) is 59.6 Å². The van der Waals surface area contributed by atoms with E-state index in [2.05, 4.69) is 42.0 Å². The molecule has 0 saturated carbocycles. The molecule has 6 aromatic rings. The van der Waals surface area contributed by atoms with E-state index in [9.17, 15) is 26.4 Å². The molecule has 0 spiro atoms. The van der Waals surface area contributed by atoms with E-state index in [1.165, 1.54) is 16.4 Å². The summed E-state index contributed by atoms with van der Waals surface area (Å²) >= 11 is 0. The third-order valence-electron chi connectivity index (χ3n) is 9.57. The van der Waals surface area contributed by atoms with Crippen LogP contribution in [0, 0.1) is 0 Å². The summed E-state index contributed by atoms with van der Waals surface area (Å²) in [6, 6.07) is 13.0. The normalized spacial score (nSPS) is 14.3. The van der Waals surface area contributed by atoms with E-state index in [0.717, 1.165) is 61.3 Å². The minimum Gasteiger partial charge on any atom is -0.308 e. The molecule has 2 N–H and O–H groups in total. The number of aromatic nitrogens is 8. The van der Waals surface area contributed by atoms with Gasteiger partial charge in [-0.3, -0.25) is 19.0 Å². The van der Waals surface area contributed by atoms with Gasteiger partial charge in [-0.2, -0.15) is 14.5 Å². The third kappa shape index (κ3) is 8.94. The van der Waals surface area contributed by atoms with Gasteiger partial charge >= 0.3 is 0 Å². The van der Waals surface area contributed by atoms with Crippen LogP contribution >= 0.6 is 10.7 Å². The van der Waals surface area contributed by atoms with E-state index in [-0.39, 0.29) is 20.9 Å². The zero-order valence-electron chi connectivity index (χ0n) is 31.9. The van der Waals surface area contributed by atoms with Crippen molar-refractivity contribution in [1.29, 1.82) is 0 Å². The molecule has 0 amide bonds. The maximum atomic E-state index is 12.9. The average Bonchev–Trinajstić information content (AvgIpc) is 3.64. The number of aryl methyl sites for hydroxylation is 4. The van der Waals surface area contributed by atoms with Crippen molar-refractivity contribution in [3.63, 3.8) is 0 Å². The zero-order valence-corrected chi connectivity index (χ0v) is 34.3. The first-order valence-electron chi connectivity index (χ1n) is 18.3. The molecule has 1 aliphatic rings. The average molecular weight is 825 g/mol. The molecule has 0 unspecified atom stereocenters. The Morgan fingerprint density at radius 1 is 0.643 bits per heavy atom. The fourth-order valence-electron chi connectivity index (χ4n) is 6.68. The molecule has 298 valence electrons. The highest BCUT2D eigenvalue weighted by molar-refractivity contribution is 8.13. The Morgan fingerprint density at radius 2 is 1.05 bits per heavy atom. The fourth-order valence-corrected chi connectivity index (χ4v) is 8.87. The molecule has 56 heavy (non-hydrogen) atoms. The second-order valence-electron chi connectivity index (χ2n) is 13.8. The van der Waals surface area contributed by atoms with Crippen molar-refractivity contribution in [3.05, 3.63) is 103 Å². The van der Waals surface area contributed by atoms with E-state index in [1.54, 1.807) is 59.9 Å². The van der Waals surface area contributed by atoms with Crippen LogP contribution in [0.1, 0.15) is 60.9 Å². The van der Waals surface area contributed by atoms with Gasteiger partial charge in [0, 0.05) is 63.8 Å². The minimum absolute atomic E-state index is 0.0345. The van der Waals surface area contributed by atoms with Gasteiger partial charge in [-0.1, -0.05) is 51.0 Å². The summed E-state index contributed by atoms with van der Waals surface area (Å²) in [5.41, 5.74) is 5.03. The number of benzene rings is 2. The van der Waals surface area contributed by atoms with Crippen LogP contribution in [0.25, 0.3) is 22.1 Å². The molecule has 19 heteroatoms. The second-order valence-corrected chi connectivity index (χ2v) is 18.4. The van der Waals surface area contributed by atoms with Crippen LogP contribution in [0.5, 0.6) is 0 Å². The molecular weight excluding hydrogens is 780 g/mol. The molecule has 0 bridgehead atoms. The van der Waals surface area contributed by atoms with Crippen molar-refractivity contribution in [2.75, 3.05) is 33.2 Å². The Morgan fingerprint density at radius 3 is 1.45 bits per heavy atom. The molecule has 7 rings (SSSR count). The van der Waals surface area contributed by atoms with Crippen molar-refractivity contribution in [2.45, 2.75) is 62.2 Å². The molecule has 0 aliphatic carbocycles. The van der Waals surface area contributed by atoms with Crippen LogP contribution < -0.4 is 11.1 Å². The summed E-state index contributed by atoms with van der Waals surface area (Å²) in [4.78, 5) is 42.2. The quantitative estimate of drug-likeness (QED) is 0.182. The third-order valence-corrected chi connectivity index (χ3v) is 12.9. The predicted molar refractivity (Wildman–Crippen MR) is 214 cm³/mol. The molecule has 0 atom stereocenters. The molecule has 2 aromatic carbocycles. The van der Waals surface area contributed by atoms with Crippen LogP contribution in [-0.2, 0) is 58.9 Å².